The molecule has 0 saturated carbocycles. The average molecular weight is 328 g/mol. The van der Waals surface area contributed by atoms with Crippen LogP contribution >= 0.6 is 24.0 Å². The molecule has 0 fully saturated rings. The molecule has 1 aromatic rings. The lowest BCUT2D eigenvalue weighted by molar-refractivity contribution is 0.0515. The zero-order valence-corrected chi connectivity index (χ0v) is 14.3. The third-order valence-corrected chi connectivity index (χ3v) is 3.46. The van der Waals surface area contributed by atoms with E-state index in [-0.39, 0.29) is 0 Å². The van der Waals surface area contributed by atoms with Crippen molar-refractivity contribution < 1.29 is 9.53 Å². The monoisotopic (exact) mass is 328 g/mol. The van der Waals surface area contributed by atoms with Gasteiger partial charge in [0.15, 0.2) is 21.8 Å². The Labute approximate surface area is 134 Å². The second-order valence-electron chi connectivity index (χ2n) is 4.34. The number of rotatable bonds is 6. The smallest absolute Gasteiger partial charge is 0.358 e. The number of aromatic nitrogens is 2. The van der Waals surface area contributed by atoms with Gasteiger partial charge in [-0.05, 0) is 32.3 Å². The Morgan fingerprint density at radius 3 is 2.76 bits per heavy atom. The lowest BCUT2D eigenvalue weighted by atomic mass is 10.3. The standard InChI is InChI=1S/C13H20N4O2S2/c1-6-19-11(18)9-10(16-13(21-5)17(9)4)15-12(20)14-7-8(2)3/h2,6-7H2,1,3-5H3,(H2,14,15,20). The number of carbonyl (C=O) groups is 1. The Bertz CT molecular complexity index is 555. The SMILES string of the molecule is C=C(C)CNC(=S)Nc1nc(SC)n(C)c1C(=O)OCC. The van der Waals surface area contributed by atoms with Crippen LogP contribution in [-0.4, -0.2) is 40.0 Å². The van der Waals surface area contributed by atoms with Gasteiger partial charge in [0.25, 0.3) is 0 Å². The van der Waals surface area contributed by atoms with Gasteiger partial charge in [0.05, 0.1) is 6.61 Å². The Morgan fingerprint density at radius 1 is 1.57 bits per heavy atom. The molecule has 0 bridgehead atoms. The quantitative estimate of drug-likeness (QED) is 0.359. The first-order valence-electron chi connectivity index (χ1n) is 6.37. The summed E-state index contributed by atoms with van der Waals surface area (Å²) in [6.45, 7) is 8.30. The van der Waals surface area contributed by atoms with Crippen molar-refractivity contribution in [3.05, 3.63) is 17.8 Å². The zero-order valence-electron chi connectivity index (χ0n) is 12.6. The number of ether oxygens (including phenoxy) is 1. The minimum atomic E-state index is -0.432. The van der Waals surface area contributed by atoms with Crippen LogP contribution in [0.5, 0.6) is 0 Å². The number of imidazole rings is 1. The van der Waals surface area contributed by atoms with Crippen LogP contribution in [0.2, 0.25) is 0 Å². The molecule has 0 aromatic carbocycles. The molecular formula is C13H20N4O2S2. The first-order chi connectivity index (χ1) is 9.90. The van der Waals surface area contributed by atoms with Gasteiger partial charge < -0.3 is 19.9 Å². The van der Waals surface area contributed by atoms with E-state index in [9.17, 15) is 4.79 Å². The molecule has 0 radical (unpaired) electrons. The third kappa shape index (κ3) is 4.75. The van der Waals surface area contributed by atoms with Gasteiger partial charge in [0.1, 0.15) is 0 Å². The second-order valence-corrected chi connectivity index (χ2v) is 5.52. The van der Waals surface area contributed by atoms with Crippen molar-refractivity contribution in [3.8, 4) is 0 Å². The summed E-state index contributed by atoms with van der Waals surface area (Å²) < 4.78 is 6.75. The normalized spacial score (nSPS) is 10.1. The number of anilines is 1. The molecule has 0 aliphatic rings. The van der Waals surface area contributed by atoms with E-state index in [4.69, 9.17) is 17.0 Å². The van der Waals surface area contributed by atoms with Crippen molar-refractivity contribution in [2.24, 2.45) is 7.05 Å². The highest BCUT2D eigenvalue weighted by atomic mass is 32.2. The molecule has 21 heavy (non-hydrogen) atoms. The maximum atomic E-state index is 12.1. The number of carbonyl (C=O) groups excluding carboxylic acids is 1. The molecule has 1 heterocycles. The number of thioether (sulfide) groups is 1. The molecule has 0 amide bonds. The molecule has 1 rings (SSSR count). The predicted octanol–water partition coefficient (Wildman–Crippen LogP) is 2.18. The van der Waals surface area contributed by atoms with Crippen LogP contribution < -0.4 is 10.6 Å². The number of hydrogen-bond acceptors (Lipinski definition) is 5. The van der Waals surface area contributed by atoms with E-state index in [2.05, 4.69) is 22.2 Å². The van der Waals surface area contributed by atoms with Gasteiger partial charge in [0, 0.05) is 13.6 Å². The second kappa shape index (κ2) is 8.04. The molecule has 0 aliphatic heterocycles. The zero-order chi connectivity index (χ0) is 16.0. The molecular weight excluding hydrogens is 308 g/mol. The van der Waals surface area contributed by atoms with Crippen molar-refractivity contribution in [2.75, 3.05) is 24.7 Å². The molecule has 1 aromatic heterocycles. The number of hydrogen-bond donors (Lipinski definition) is 2. The summed E-state index contributed by atoms with van der Waals surface area (Å²) in [5, 5.41) is 7.00. The Hall–Kier alpha value is -1.54. The van der Waals surface area contributed by atoms with Gasteiger partial charge in [0.2, 0.25) is 0 Å². The summed E-state index contributed by atoms with van der Waals surface area (Å²) in [4.78, 5) is 16.4. The highest BCUT2D eigenvalue weighted by Gasteiger charge is 2.22. The van der Waals surface area contributed by atoms with E-state index < -0.39 is 5.97 Å². The van der Waals surface area contributed by atoms with Crippen molar-refractivity contribution in [2.45, 2.75) is 19.0 Å². The van der Waals surface area contributed by atoms with Gasteiger partial charge in [-0.25, -0.2) is 9.78 Å². The summed E-state index contributed by atoms with van der Waals surface area (Å²) in [6.07, 6.45) is 1.89. The Morgan fingerprint density at radius 2 is 2.24 bits per heavy atom. The van der Waals surface area contributed by atoms with Crippen molar-refractivity contribution in [3.63, 3.8) is 0 Å². The van der Waals surface area contributed by atoms with Crippen LogP contribution in [0.25, 0.3) is 0 Å². The molecule has 0 unspecified atom stereocenters. The first-order valence-corrected chi connectivity index (χ1v) is 8.01. The van der Waals surface area contributed by atoms with E-state index >= 15 is 0 Å². The molecule has 0 saturated heterocycles. The highest BCUT2D eigenvalue weighted by molar-refractivity contribution is 7.98. The maximum Gasteiger partial charge on any atom is 0.358 e. The van der Waals surface area contributed by atoms with Crippen LogP contribution in [0.15, 0.2) is 17.3 Å². The predicted molar refractivity (Wildman–Crippen MR) is 90.0 cm³/mol. The summed E-state index contributed by atoms with van der Waals surface area (Å²) in [5.41, 5.74) is 1.30. The topological polar surface area (TPSA) is 68.2 Å². The van der Waals surface area contributed by atoms with Crippen molar-refractivity contribution >= 4 is 40.9 Å². The van der Waals surface area contributed by atoms with Gasteiger partial charge in [-0.15, -0.1) is 0 Å². The van der Waals surface area contributed by atoms with E-state index in [0.29, 0.717) is 34.9 Å². The summed E-state index contributed by atoms with van der Waals surface area (Å²) in [5.74, 6) is -0.0440. The van der Waals surface area contributed by atoms with Gasteiger partial charge in [-0.3, -0.25) is 0 Å². The fourth-order valence-electron chi connectivity index (χ4n) is 1.56. The third-order valence-electron chi connectivity index (χ3n) is 2.49. The van der Waals surface area contributed by atoms with E-state index in [1.54, 1.807) is 18.5 Å². The fourth-order valence-corrected chi connectivity index (χ4v) is 2.28. The molecule has 0 atom stereocenters. The highest BCUT2D eigenvalue weighted by Crippen LogP contribution is 2.23. The number of esters is 1. The van der Waals surface area contributed by atoms with Crippen molar-refractivity contribution in [1.29, 1.82) is 0 Å². The van der Waals surface area contributed by atoms with Crippen LogP contribution in [0.3, 0.4) is 0 Å². The molecule has 6 nitrogen and oxygen atoms in total. The lowest BCUT2D eigenvalue weighted by Crippen LogP contribution is -2.30. The van der Waals surface area contributed by atoms with Crippen molar-refractivity contribution in [1.82, 2.24) is 14.9 Å². The van der Waals surface area contributed by atoms with Crippen LogP contribution in [0.1, 0.15) is 24.3 Å². The van der Waals surface area contributed by atoms with Gasteiger partial charge in [-0.2, -0.15) is 0 Å². The van der Waals surface area contributed by atoms with Gasteiger partial charge in [-0.1, -0.05) is 23.9 Å². The summed E-state index contributed by atoms with van der Waals surface area (Å²) >= 11 is 6.62. The van der Waals surface area contributed by atoms with E-state index in [0.717, 1.165) is 5.57 Å². The fraction of sp³-hybridized carbons (Fsp3) is 0.462. The molecule has 8 heteroatoms. The van der Waals surface area contributed by atoms with E-state index in [1.165, 1.54) is 11.8 Å². The molecule has 0 spiro atoms. The Balaban J connectivity index is 2.97. The lowest BCUT2D eigenvalue weighted by Gasteiger charge is -2.10. The molecule has 116 valence electrons. The van der Waals surface area contributed by atoms with Gasteiger partial charge >= 0.3 is 5.97 Å². The first kappa shape index (κ1) is 17.5. The van der Waals surface area contributed by atoms with E-state index in [1.807, 2.05) is 13.2 Å². The largest absolute Gasteiger partial charge is 0.461 e. The minimum absolute atomic E-state index is 0.302. The average Bonchev–Trinajstić information content (AvgIpc) is 2.72. The molecule has 0 aliphatic carbocycles. The minimum Gasteiger partial charge on any atom is -0.461 e. The number of nitrogens with one attached hydrogen (secondary N) is 2. The number of thiocarbonyl (C=S) groups is 1. The summed E-state index contributed by atoms with van der Waals surface area (Å²) in [7, 11) is 1.76. The molecule has 2 N–H and O–H groups in total. The summed E-state index contributed by atoms with van der Waals surface area (Å²) in [6, 6.07) is 0. The van der Waals surface area contributed by atoms with Crippen LogP contribution in [-0.2, 0) is 11.8 Å². The van der Waals surface area contributed by atoms with Crippen LogP contribution in [0.4, 0.5) is 5.82 Å². The van der Waals surface area contributed by atoms with Crippen LogP contribution in [0, 0.1) is 0 Å². The maximum absolute atomic E-state index is 12.1. The Kier molecular flexibility index (Phi) is 6.70. The number of nitrogens with zero attached hydrogens (tertiary/aromatic N) is 2.